The van der Waals surface area contributed by atoms with E-state index in [1.807, 2.05) is 36.4 Å². The summed E-state index contributed by atoms with van der Waals surface area (Å²) in [6, 6.07) is 18.4. The van der Waals surface area contributed by atoms with Crippen LogP contribution in [-0.2, 0) is 6.42 Å². The molecule has 4 nitrogen and oxygen atoms in total. The van der Waals surface area contributed by atoms with E-state index in [4.69, 9.17) is 0 Å². The smallest absolute Gasteiger partial charge is 0.262 e. The minimum atomic E-state index is -0.274. The molecule has 1 aliphatic rings. The standard InChI is InChI=1S/C21H17NO3/c23-16-10-8-15-9-11-17-19(18(15)13-16)21(25)22(20(17)24)12-4-7-14-5-2-1-3-6-14/h1-3,5-6,8-11,13,23H,4,7,12H2. The normalized spacial score (nSPS) is 13.5. The molecule has 1 aliphatic heterocycles. The van der Waals surface area contributed by atoms with Crippen LogP contribution >= 0.6 is 0 Å². The fourth-order valence-corrected chi connectivity index (χ4v) is 3.38. The van der Waals surface area contributed by atoms with Crippen LogP contribution in [0, 0.1) is 0 Å². The number of amides is 2. The molecule has 0 atom stereocenters. The van der Waals surface area contributed by atoms with Gasteiger partial charge in [-0.05, 0) is 47.4 Å². The lowest BCUT2D eigenvalue weighted by Gasteiger charge is -2.13. The van der Waals surface area contributed by atoms with Crippen LogP contribution in [0.2, 0.25) is 0 Å². The van der Waals surface area contributed by atoms with Gasteiger partial charge in [0.1, 0.15) is 5.75 Å². The molecule has 0 saturated heterocycles. The van der Waals surface area contributed by atoms with Gasteiger partial charge in [-0.1, -0.05) is 42.5 Å². The Hall–Kier alpha value is -3.14. The molecule has 2 amide bonds. The Bertz CT molecular complexity index is 979. The van der Waals surface area contributed by atoms with Crippen LogP contribution in [0.3, 0.4) is 0 Å². The molecule has 124 valence electrons. The largest absolute Gasteiger partial charge is 0.508 e. The maximum atomic E-state index is 12.8. The maximum absolute atomic E-state index is 12.8. The average molecular weight is 331 g/mol. The third-order valence-electron chi connectivity index (χ3n) is 4.63. The predicted molar refractivity (Wildman–Crippen MR) is 95.7 cm³/mol. The molecule has 0 unspecified atom stereocenters. The molecular weight excluding hydrogens is 314 g/mol. The van der Waals surface area contributed by atoms with Crippen molar-refractivity contribution in [2.24, 2.45) is 0 Å². The SMILES string of the molecule is O=C1c2ccc3ccc(O)cc3c2C(=O)N1CCCc1ccccc1. The Labute approximate surface area is 145 Å². The van der Waals surface area contributed by atoms with E-state index in [-0.39, 0.29) is 17.6 Å². The zero-order chi connectivity index (χ0) is 17.4. The number of carbonyl (C=O) groups is 2. The van der Waals surface area contributed by atoms with Crippen molar-refractivity contribution in [2.75, 3.05) is 6.54 Å². The van der Waals surface area contributed by atoms with Gasteiger partial charge in [0.2, 0.25) is 0 Å². The van der Waals surface area contributed by atoms with Crippen molar-refractivity contribution in [1.29, 1.82) is 0 Å². The van der Waals surface area contributed by atoms with Gasteiger partial charge in [-0.3, -0.25) is 14.5 Å². The van der Waals surface area contributed by atoms with E-state index < -0.39 is 0 Å². The van der Waals surface area contributed by atoms with Crippen LogP contribution in [0.5, 0.6) is 5.75 Å². The highest BCUT2D eigenvalue weighted by Crippen LogP contribution is 2.32. The Morgan fingerprint density at radius 1 is 0.880 bits per heavy atom. The second kappa shape index (κ2) is 6.06. The number of nitrogens with zero attached hydrogens (tertiary/aromatic N) is 1. The molecule has 25 heavy (non-hydrogen) atoms. The summed E-state index contributed by atoms with van der Waals surface area (Å²) in [6.07, 6.45) is 1.54. The fourth-order valence-electron chi connectivity index (χ4n) is 3.38. The van der Waals surface area contributed by atoms with Crippen LogP contribution < -0.4 is 0 Å². The summed E-state index contributed by atoms with van der Waals surface area (Å²) in [5, 5.41) is 11.2. The molecule has 0 spiro atoms. The second-order valence-electron chi connectivity index (χ2n) is 6.24. The van der Waals surface area contributed by atoms with Crippen molar-refractivity contribution in [2.45, 2.75) is 12.8 Å². The number of benzene rings is 3. The quantitative estimate of drug-likeness (QED) is 0.740. The van der Waals surface area contributed by atoms with Gasteiger partial charge in [-0.25, -0.2) is 0 Å². The van der Waals surface area contributed by atoms with Crippen molar-refractivity contribution in [1.82, 2.24) is 4.90 Å². The molecule has 0 aliphatic carbocycles. The Kier molecular flexibility index (Phi) is 3.73. The van der Waals surface area contributed by atoms with Crippen LogP contribution in [0.4, 0.5) is 0 Å². The van der Waals surface area contributed by atoms with E-state index in [1.54, 1.807) is 24.3 Å². The first kappa shape index (κ1) is 15.4. The van der Waals surface area contributed by atoms with Crippen molar-refractivity contribution >= 4 is 22.6 Å². The van der Waals surface area contributed by atoms with Crippen LogP contribution in [-0.4, -0.2) is 28.4 Å². The summed E-state index contributed by atoms with van der Waals surface area (Å²) in [7, 11) is 0. The highest BCUT2D eigenvalue weighted by molar-refractivity contribution is 6.26. The van der Waals surface area contributed by atoms with Gasteiger partial charge < -0.3 is 5.11 Å². The molecule has 0 aromatic heterocycles. The van der Waals surface area contributed by atoms with Crippen LogP contribution in [0.1, 0.15) is 32.7 Å². The number of carbonyl (C=O) groups excluding carboxylic acids is 2. The van der Waals surface area contributed by atoms with Gasteiger partial charge in [-0.2, -0.15) is 0 Å². The number of phenols is 1. The van der Waals surface area contributed by atoms with Crippen molar-refractivity contribution in [3.8, 4) is 5.75 Å². The summed E-state index contributed by atoms with van der Waals surface area (Å²) in [4.78, 5) is 26.7. The highest BCUT2D eigenvalue weighted by atomic mass is 16.3. The average Bonchev–Trinajstić information content (AvgIpc) is 2.87. The van der Waals surface area contributed by atoms with Gasteiger partial charge in [0.15, 0.2) is 0 Å². The summed E-state index contributed by atoms with van der Waals surface area (Å²) in [6.45, 7) is 0.390. The van der Waals surface area contributed by atoms with E-state index >= 15 is 0 Å². The third kappa shape index (κ3) is 2.66. The van der Waals surface area contributed by atoms with Crippen molar-refractivity contribution in [3.05, 3.63) is 77.4 Å². The molecule has 0 saturated carbocycles. The first-order valence-electron chi connectivity index (χ1n) is 8.31. The monoisotopic (exact) mass is 331 g/mol. The van der Waals surface area contributed by atoms with Gasteiger partial charge in [0.25, 0.3) is 11.8 Å². The first-order valence-corrected chi connectivity index (χ1v) is 8.31. The summed E-state index contributed by atoms with van der Waals surface area (Å²) in [5.74, 6) is -0.439. The van der Waals surface area contributed by atoms with Crippen LogP contribution in [0.15, 0.2) is 60.7 Å². The number of hydrogen-bond donors (Lipinski definition) is 1. The summed E-state index contributed by atoms with van der Waals surface area (Å²) in [5.41, 5.74) is 2.01. The lowest BCUT2D eigenvalue weighted by molar-refractivity contribution is 0.0653. The lowest BCUT2D eigenvalue weighted by Crippen LogP contribution is -2.31. The number of aryl methyl sites for hydroxylation is 1. The van der Waals surface area contributed by atoms with Crippen molar-refractivity contribution in [3.63, 3.8) is 0 Å². The lowest BCUT2D eigenvalue weighted by atomic mass is 10.0. The molecule has 0 bridgehead atoms. The van der Waals surface area contributed by atoms with E-state index in [9.17, 15) is 14.7 Å². The molecule has 0 radical (unpaired) electrons. The van der Waals surface area contributed by atoms with E-state index in [1.165, 1.54) is 10.5 Å². The van der Waals surface area contributed by atoms with Crippen molar-refractivity contribution < 1.29 is 14.7 Å². The Balaban J connectivity index is 1.59. The first-order chi connectivity index (χ1) is 12.1. The Morgan fingerprint density at radius 3 is 2.44 bits per heavy atom. The molecular formula is C21H17NO3. The molecule has 4 heteroatoms. The number of rotatable bonds is 4. The van der Waals surface area contributed by atoms with E-state index in [0.29, 0.717) is 23.1 Å². The number of hydrogen-bond acceptors (Lipinski definition) is 3. The van der Waals surface area contributed by atoms with Gasteiger partial charge in [-0.15, -0.1) is 0 Å². The predicted octanol–water partition coefficient (Wildman–Crippen LogP) is 3.77. The molecule has 4 rings (SSSR count). The molecule has 3 aromatic rings. The van der Waals surface area contributed by atoms with Gasteiger partial charge in [0, 0.05) is 6.54 Å². The third-order valence-corrected chi connectivity index (χ3v) is 4.63. The number of phenolic OH excluding ortho intramolecular Hbond substituents is 1. The minimum Gasteiger partial charge on any atom is -0.508 e. The van der Waals surface area contributed by atoms with Gasteiger partial charge in [0.05, 0.1) is 11.1 Å². The summed E-state index contributed by atoms with van der Waals surface area (Å²) >= 11 is 0. The van der Waals surface area contributed by atoms with E-state index in [2.05, 4.69) is 0 Å². The minimum absolute atomic E-state index is 0.0867. The van der Waals surface area contributed by atoms with Gasteiger partial charge >= 0.3 is 0 Å². The number of imide groups is 1. The topological polar surface area (TPSA) is 57.6 Å². The number of aromatic hydroxyl groups is 1. The number of fused-ring (bicyclic) bond motifs is 3. The molecule has 0 fully saturated rings. The van der Waals surface area contributed by atoms with E-state index in [0.717, 1.165) is 18.2 Å². The zero-order valence-electron chi connectivity index (χ0n) is 13.6. The van der Waals surface area contributed by atoms with Crippen LogP contribution in [0.25, 0.3) is 10.8 Å². The molecule has 1 heterocycles. The highest BCUT2D eigenvalue weighted by Gasteiger charge is 2.36. The second-order valence-corrected chi connectivity index (χ2v) is 6.24. The Morgan fingerprint density at radius 2 is 1.64 bits per heavy atom. The molecule has 3 aromatic carbocycles. The summed E-state index contributed by atoms with van der Waals surface area (Å²) < 4.78 is 0. The maximum Gasteiger partial charge on any atom is 0.262 e. The zero-order valence-corrected chi connectivity index (χ0v) is 13.6. The molecule has 1 N–H and O–H groups in total. The fraction of sp³-hybridized carbons (Fsp3) is 0.143.